The first kappa shape index (κ1) is 11.0. The van der Waals surface area contributed by atoms with Crippen LogP contribution in [0.5, 0.6) is 0 Å². The Bertz CT molecular complexity index is 394. The molecule has 3 rings (SSSR count). The maximum atomic E-state index is 4.38. The number of anilines is 1. The highest BCUT2D eigenvalue weighted by atomic mass is 15.2. The van der Waals surface area contributed by atoms with Crippen LogP contribution in [0.2, 0.25) is 0 Å². The third-order valence-electron chi connectivity index (χ3n) is 4.15. The van der Waals surface area contributed by atoms with E-state index in [2.05, 4.69) is 33.3 Å². The van der Waals surface area contributed by atoms with E-state index in [1.54, 1.807) is 6.33 Å². The molecule has 0 aliphatic carbocycles. The minimum Gasteiger partial charge on any atom is -0.356 e. The summed E-state index contributed by atoms with van der Waals surface area (Å²) in [6, 6.07) is 4.15. The molecule has 3 heterocycles. The molecule has 1 N–H and O–H groups in total. The van der Waals surface area contributed by atoms with Gasteiger partial charge in [-0.05, 0) is 32.6 Å². The van der Waals surface area contributed by atoms with Crippen molar-refractivity contribution in [2.75, 3.05) is 11.9 Å². The van der Waals surface area contributed by atoms with Crippen molar-refractivity contribution in [1.82, 2.24) is 15.3 Å². The molecular formula is C13H20N4. The van der Waals surface area contributed by atoms with Crippen molar-refractivity contribution in [2.45, 2.75) is 50.7 Å². The molecule has 2 bridgehead atoms. The molecule has 4 heteroatoms. The van der Waals surface area contributed by atoms with Crippen LogP contribution >= 0.6 is 0 Å². The van der Waals surface area contributed by atoms with Gasteiger partial charge in [0.1, 0.15) is 12.1 Å². The van der Waals surface area contributed by atoms with Crippen molar-refractivity contribution in [1.29, 1.82) is 0 Å². The van der Waals surface area contributed by atoms with Crippen molar-refractivity contribution in [3.8, 4) is 0 Å². The fourth-order valence-corrected chi connectivity index (χ4v) is 3.16. The van der Waals surface area contributed by atoms with Gasteiger partial charge in [0.25, 0.3) is 0 Å². The Hall–Kier alpha value is -1.16. The summed E-state index contributed by atoms with van der Waals surface area (Å²) in [4.78, 5) is 10.9. The maximum Gasteiger partial charge on any atom is 0.132 e. The Kier molecular flexibility index (Phi) is 2.74. The van der Waals surface area contributed by atoms with Gasteiger partial charge in [0.15, 0.2) is 0 Å². The molecule has 0 aromatic carbocycles. The zero-order valence-electron chi connectivity index (χ0n) is 10.6. The van der Waals surface area contributed by atoms with Crippen LogP contribution in [0.4, 0.5) is 5.82 Å². The van der Waals surface area contributed by atoms with Crippen molar-refractivity contribution >= 4 is 5.82 Å². The smallest absolute Gasteiger partial charge is 0.132 e. The normalized spacial score (nSPS) is 31.5. The highest BCUT2D eigenvalue weighted by Crippen LogP contribution is 2.30. The third-order valence-corrected chi connectivity index (χ3v) is 4.15. The van der Waals surface area contributed by atoms with Gasteiger partial charge >= 0.3 is 0 Å². The van der Waals surface area contributed by atoms with E-state index in [1.165, 1.54) is 25.7 Å². The summed E-state index contributed by atoms with van der Waals surface area (Å²) in [6.07, 6.45) is 6.85. The van der Waals surface area contributed by atoms with Gasteiger partial charge in [-0.25, -0.2) is 9.97 Å². The predicted octanol–water partition coefficient (Wildman–Crippen LogP) is 1.50. The van der Waals surface area contributed by atoms with E-state index in [9.17, 15) is 0 Å². The van der Waals surface area contributed by atoms with Gasteiger partial charge in [0.05, 0.1) is 0 Å². The quantitative estimate of drug-likeness (QED) is 0.839. The number of fused-ring (bicyclic) bond motifs is 2. The number of hydrogen-bond acceptors (Lipinski definition) is 4. The van der Waals surface area contributed by atoms with E-state index in [0.29, 0.717) is 6.04 Å². The number of rotatable bonds is 2. The molecule has 0 amide bonds. The van der Waals surface area contributed by atoms with Crippen molar-refractivity contribution in [3.05, 3.63) is 18.1 Å². The highest BCUT2D eigenvalue weighted by molar-refractivity contribution is 5.39. The molecule has 92 valence electrons. The summed E-state index contributed by atoms with van der Waals surface area (Å²) in [5, 5.41) is 3.68. The van der Waals surface area contributed by atoms with Gasteiger partial charge in [0, 0.05) is 36.9 Å². The molecule has 17 heavy (non-hydrogen) atoms. The summed E-state index contributed by atoms with van der Waals surface area (Å²) in [5.41, 5.74) is 1.04. The fourth-order valence-electron chi connectivity index (χ4n) is 3.16. The molecule has 2 atom stereocenters. The van der Waals surface area contributed by atoms with E-state index < -0.39 is 0 Å². The van der Waals surface area contributed by atoms with Crippen LogP contribution in [0.1, 0.15) is 31.4 Å². The Morgan fingerprint density at radius 3 is 2.59 bits per heavy atom. The lowest BCUT2D eigenvalue weighted by atomic mass is 9.98. The summed E-state index contributed by atoms with van der Waals surface area (Å²) in [5.74, 6) is 1.06. The third kappa shape index (κ3) is 2.14. The standard InChI is InChI=1S/C13H20N4/c1-9-5-13(15-8-14-9)17(2)12-6-10-3-4-11(7-12)16-10/h5,8,10-12,16H,3-4,6-7H2,1-2H3. The first-order chi connectivity index (χ1) is 8.22. The topological polar surface area (TPSA) is 41.0 Å². The zero-order valence-corrected chi connectivity index (χ0v) is 10.6. The van der Waals surface area contributed by atoms with Crippen LogP contribution in [-0.4, -0.2) is 35.1 Å². The molecule has 2 unspecified atom stereocenters. The lowest BCUT2D eigenvalue weighted by Gasteiger charge is -2.36. The van der Waals surface area contributed by atoms with Crippen LogP contribution < -0.4 is 10.2 Å². The maximum absolute atomic E-state index is 4.38. The van der Waals surface area contributed by atoms with Gasteiger partial charge in [0.2, 0.25) is 0 Å². The van der Waals surface area contributed by atoms with Crippen molar-refractivity contribution in [3.63, 3.8) is 0 Å². The second-order valence-corrected chi connectivity index (χ2v) is 5.39. The van der Waals surface area contributed by atoms with Gasteiger partial charge in [-0.1, -0.05) is 0 Å². The van der Waals surface area contributed by atoms with E-state index in [-0.39, 0.29) is 0 Å². The van der Waals surface area contributed by atoms with E-state index >= 15 is 0 Å². The molecule has 0 saturated carbocycles. The molecule has 0 radical (unpaired) electrons. The fraction of sp³-hybridized carbons (Fsp3) is 0.692. The number of nitrogens with zero attached hydrogens (tertiary/aromatic N) is 3. The van der Waals surface area contributed by atoms with Crippen molar-refractivity contribution < 1.29 is 0 Å². The average molecular weight is 232 g/mol. The van der Waals surface area contributed by atoms with Crippen LogP contribution in [0.25, 0.3) is 0 Å². The lowest BCUT2D eigenvalue weighted by molar-refractivity contribution is 0.354. The molecule has 0 spiro atoms. The van der Waals surface area contributed by atoms with E-state index in [4.69, 9.17) is 0 Å². The summed E-state index contributed by atoms with van der Waals surface area (Å²) in [6.45, 7) is 2.02. The van der Waals surface area contributed by atoms with Crippen LogP contribution in [0.3, 0.4) is 0 Å². The number of nitrogens with one attached hydrogen (secondary N) is 1. The van der Waals surface area contributed by atoms with E-state index in [0.717, 1.165) is 23.6 Å². The number of hydrogen-bond donors (Lipinski definition) is 1. The summed E-state index contributed by atoms with van der Waals surface area (Å²) in [7, 11) is 2.16. The second kappa shape index (κ2) is 4.26. The first-order valence-electron chi connectivity index (χ1n) is 6.50. The predicted molar refractivity (Wildman–Crippen MR) is 68.1 cm³/mol. The monoisotopic (exact) mass is 232 g/mol. The Balaban J connectivity index is 1.76. The number of aryl methyl sites for hydroxylation is 1. The zero-order chi connectivity index (χ0) is 11.8. The molecule has 2 aliphatic heterocycles. The highest BCUT2D eigenvalue weighted by Gasteiger charge is 2.35. The Morgan fingerprint density at radius 1 is 1.24 bits per heavy atom. The molecular weight excluding hydrogens is 212 g/mol. The Labute approximate surface area is 102 Å². The van der Waals surface area contributed by atoms with Gasteiger partial charge < -0.3 is 10.2 Å². The van der Waals surface area contributed by atoms with Crippen LogP contribution in [0, 0.1) is 6.92 Å². The molecule has 1 aromatic heterocycles. The summed E-state index contributed by atoms with van der Waals surface area (Å²) < 4.78 is 0. The average Bonchev–Trinajstić information content (AvgIpc) is 2.67. The largest absolute Gasteiger partial charge is 0.356 e. The van der Waals surface area contributed by atoms with Crippen LogP contribution in [0.15, 0.2) is 12.4 Å². The van der Waals surface area contributed by atoms with Gasteiger partial charge in [-0.15, -0.1) is 0 Å². The Morgan fingerprint density at radius 2 is 1.94 bits per heavy atom. The molecule has 4 nitrogen and oxygen atoms in total. The summed E-state index contributed by atoms with van der Waals surface area (Å²) >= 11 is 0. The molecule has 1 aromatic rings. The van der Waals surface area contributed by atoms with Gasteiger partial charge in [-0.3, -0.25) is 0 Å². The van der Waals surface area contributed by atoms with Gasteiger partial charge in [-0.2, -0.15) is 0 Å². The van der Waals surface area contributed by atoms with E-state index in [1.807, 2.05) is 6.92 Å². The molecule has 2 fully saturated rings. The number of piperidine rings is 1. The van der Waals surface area contributed by atoms with Crippen molar-refractivity contribution in [2.24, 2.45) is 0 Å². The SMILES string of the molecule is Cc1cc(N(C)C2CC3CCC(C2)N3)ncn1. The minimum atomic E-state index is 0.628. The molecule has 2 saturated heterocycles. The minimum absolute atomic E-state index is 0.628. The molecule has 2 aliphatic rings. The lowest BCUT2D eigenvalue weighted by Crippen LogP contribution is -2.47. The first-order valence-corrected chi connectivity index (χ1v) is 6.50. The van der Waals surface area contributed by atoms with Crippen LogP contribution in [-0.2, 0) is 0 Å². The second-order valence-electron chi connectivity index (χ2n) is 5.39. The number of aromatic nitrogens is 2.